The van der Waals surface area contributed by atoms with Gasteiger partial charge in [0, 0.05) is 11.7 Å². The third-order valence-corrected chi connectivity index (χ3v) is 4.51. The Kier molecular flexibility index (Phi) is 2.97. The Morgan fingerprint density at radius 1 is 1.47 bits per heavy atom. The number of rotatable bonds is 2. The average Bonchev–Trinajstić information content (AvgIpc) is 2.82. The number of imidazole rings is 1. The van der Waals surface area contributed by atoms with Crippen molar-refractivity contribution in [1.29, 1.82) is 0 Å². The fourth-order valence-corrected chi connectivity index (χ4v) is 3.50. The zero-order chi connectivity index (χ0) is 11.7. The molecule has 2 aromatic heterocycles. The maximum absolute atomic E-state index is 5.28. The number of nitrogens with zero attached hydrogens (tertiary/aromatic N) is 2. The van der Waals surface area contributed by atoms with Gasteiger partial charge in [-0.25, -0.2) is 4.98 Å². The van der Waals surface area contributed by atoms with Crippen molar-refractivity contribution >= 4 is 17.3 Å². The summed E-state index contributed by atoms with van der Waals surface area (Å²) in [6.45, 7) is 0. The van der Waals surface area contributed by atoms with Crippen molar-refractivity contribution in [3.63, 3.8) is 0 Å². The monoisotopic (exact) mass is 248 g/mol. The Labute approximate surface area is 105 Å². The van der Waals surface area contributed by atoms with Crippen LogP contribution in [0.25, 0.3) is 5.52 Å². The maximum Gasteiger partial charge on any atom is 0.135 e. The molecule has 1 saturated heterocycles. The third-order valence-electron chi connectivity index (χ3n) is 3.29. The molecule has 1 aliphatic rings. The van der Waals surface area contributed by atoms with Gasteiger partial charge in [0.15, 0.2) is 0 Å². The van der Waals surface area contributed by atoms with Gasteiger partial charge in [-0.1, -0.05) is 0 Å². The standard InChI is InChI=1S/C13H16N2OS/c1-16-12-5-4-11-7-14-13(15(11)8-12)10-3-2-6-17-9-10/h4-5,7-8,10H,2-3,6,9H2,1H3. The molecule has 90 valence electrons. The zero-order valence-corrected chi connectivity index (χ0v) is 10.7. The minimum atomic E-state index is 0.586. The topological polar surface area (TPSA) is 26.5 Å². The molecule has 2 aromatic rings. The molecule has 1 unspecified atom stereocenters. The van der Waals surface area contributed by atoms with Crippen molar-refractivity contribution in [2.24, 2.45) is 0 Å². The number of hydrogen-bond donors (Lipinski definition) is 0. The van der Waals surface area contributed by atoms with Gasteiger partial charge in [0.25, 0.3) is 0 Å². The van der Waals surface area contributed by atoms with Gasteiger partial charge in [-0.15, -0.1) is 0 Å². The number of thioether (sulfide) groups is 1. The van der Waals surface area contributed by atoms with Gasteiger partial charge in [-0.2, -0.15) is 11.8 Å². The number of ether oxygens (including phenoxy) is 1. The van der Waals surface area contributed by atoms with E-state index >= 15 is 0 Å². The lowest BCUT2D eigenvalue weighted by molar-refractivity contribution is 0.412. The molecular formula is C13H16N2OS. The van der Waals surface area contributed by atoms with Gasteiger partial charge in [-0.05, 0) is 30.7 Å². The van der Waals surface area contributed by atoms with Gasteiger partial charge in [0.1, 0.15) is 11.6 Å². The minimum Gasteiger partial charge on any atom is -0.495 e. The third kappa shape index (κ3) is 2.02. The fourth-order valence-electron chi connectivity index (χ4n) is 2.36. The molecule has 3 nitrogen and oxygen atoms in total. The normalized spacial score (nSPS) is 20.6. The van der Waals surface area contributed by atoms with Crippen LogP contribution in [0.3, 0.4) is 0 Å². The number of aromatic nitrogens is 2. The molecule has 17 heavy (non-hydrogen) atoms. The van der Waals surface area contributed by atoms with E-state index in [9.17, 15) is 0 Å². The Hall–Kier alpha value is -1.16. The molecule has 0 aromatic carbocycles. The molecule has 1 aliphatic heterocycles. The van der Waals surface area contributed by atoms with Crippen LogP contribution >= 0.6 is 11.8 Å². The van der Waals surface area contributed by atoms with E-state index in [-0.39, 0.29) is 0 Å². The van der Waals surface area contributed by atoms with E-state index < -0.39 is 0 Å². The molecule has 0 saturated carbocycles. The lowest BCUT2D eigenvalue weighted by Crippen LogP contribution is -2.12. The van der Waals surface area contributed by atoms with E-state index in [1.165, 1.54) is 30.2 Å². The summed E-state index contributed by atoms with van der Waals surface area (Å²) in [5, 5.41) is 0. The second kappa shape index (κ2) is 4.61. The van der Waals surface area contributed by atoms with Crippen LogP contribution in [0.4, 0.5) is 0 Å². The van der Waals surface area contributed by atoms with Crippen LogP contribution in [0.1, 0.15) is 24.6 Å². The molecular weight excluding hydrogens is 232 g/mol. The Morgan fingerprint density at radius 2 is 2.41 bits per heavy atom. The van der Waals surface area contributed by atoms with Crippen molar-refractivity contribution in [3.8, 4) is 5.75 Å². The Balaban J connectivity index is 2.02. The van der Waals surface area contributed by atoms with Crippen LogP contribution in [0.2, 0.25) is 0 Å². The van der Waals surface area contributed by atoms with Crippen molar-refractivity contribution < 1.29 is 4.74 Å². The lowest BCUT2D eigenvalue weighted by Gasteiger charge is -2.20. The van der Waals surface area contributed by atoms with Crippen LogP contribution in [-0.2, 0) is 0 Å². The smallest absolute Gasteiger partial charge is 0.135 e. The second-order valence-corrected chi connectivity index (χ2v) is 5.54. The molecule has 3 rings (SSSR count). The first-order chi connectivity index (χ1) is 8.38. The highest BCUT2D eigenvalue weighted by atomic mass is 32.2. The van der Waals surface area contributed by atoms with Crippen LogP contribution in [0.5, 0.6) is 5.75 Å². The molecule has 0 bridgehead atoms. The van der Waals surface area contributed by atoms with Crippen molar-refractivity contribution in [2.45, 2.75) is 18.8 Å². The van der Waals surface area contributed by atoms with Crippen molar-refractivity contribution in [1.82, 2.24) is 9.38 Å². The van der Waals surface area contributed by atoms with E-state index in [0.717, 1.165) is 11.3 Å². The Bertz CT molecular complexity index is 517. The number of hydrogen-bond acceptors (Lipinski definition) is 3. The van der Waals surface area contributed by atoms with Crippen molar-refractivity contribution in [3.05, 3.63) is 30.4 Å². The predicted octanol–water partition coefficient (Wildman–Crippen LogP) is 2.95. The van der Waals surface area contributed by atoms with E-state index in [1.807, 2.05) is 30.2 Å². The quantitative estimate of drug-likeness (QED) is 0.817. The van der Waals surface area contributed by atoms with Crippen LogP contribution in [0.15, 0.2) is 24.5 Å². The molecule has 4 heteroatoms. The highest BCUT2D eigenvalue weighted by molar-refractivity contribution is 7.99. The second-order valence-electron chi connectivity index (χ2n) is 4.39. The molecule has 0 spiro atoms. The summed E-state index contributed by atoms with van der Waals surface area (Å²) in [6.07, 6.45) is 6.54. The van der Waals surface area contributed by atoms with Crippen LogP contribution in [0, 0.1) is 0 Å². The molecule has 3 heterocycles. The summed E-state index contributed by atoms with van der Waals surface area (Å²) < 4.78 is 7.46. The molecule has 1 atom stereocenters. The predicted molar refractivity (Wildman–Crippen MR) is 71.0 cm³/mol. The summed E-state index contributed by atoms with van der Waals surface area (Å²) in [5.41, 5.74) is 1.15. The van der Waals surface area contributed by atoms with Gasteiger partial charge in [-0.3, -0.25) is 4.40 Å². The zero-order valence-electron chi connectivity index (χ0n) is 9.93. The number of fused-ring (bicyclic) bond motifs is 1. The van der Waals surface area contributed by atoms with E-state index in [0.29, 0.717) is 5.92 Å². The Morgan fingerprint density at radius 3 is 3.18 bits per heavy atom. The largest absolute Gasteiger partial charge is 0.495 e. The summed E-state index contributed by atoms with van der Waals surface area (Å²) in [4.78, 5) is 4.59. The van der Waals surface area contributed by atoms with E-state index in [2.05, 4.69) is 15.5 Å². The molecule has 0 aliphatic carbocycles. The van der Waals surface area contributed by atoms with Gasteiger partial charge in [0.2, 0.25) is 0 Å². The SMILES string of the molecule is COc1ccc2cnc(C3CCCSC3)n2c1. The summed E-state index contributed by atoms with van der Waals surface area (Å²) >= 11 is 2.04. The molecule has 0 radical (unpaired) electrons. The summed E-state index contributed by atoms with van der Waals surface area (Å²) in [6, 6.07) is 4.04. The first-order valence-electron chi connectivity index (χ1n) is 5.97. The van der Waals surface area contributed by atoms with Crippen LogP contribution in [-0.4, -0.2) is 28.0 Å². The first kappa shape index (κ1) is 11.0. The number of pyridine rings is 1. The van der Waals surface area contributed by atoms with Gasteiger partial charge >= 0.3 is 0 Å². The van der Waals surface area contributed by atoms with Crippen LogP contribution < -0.4 is 4.74 Å². The van der Waals surface area contributed by atoms with Gasteiger partial charge < -0.3 is 4.74 Å². The fraction of sp³-hybridized carbons (Fsp3) is 0.462. The molecule has 0 N–H and O–H groups in total. The van der Waals surface area contributed by atoms with Crippen molar-refractivity contribution in [2.75, 3.05) is 18.6 Å². The highest BCUT2D eigenvalue weighted by Gasteiger charge is 2.20. The maximum atomic E-state index is 5.28. The summed E-state index contributed by atoms with van der Waals surface area (Å²) in [5.74, 6) is 5.15. The summed E-state index contributed by atoms with van der Waals surface area (Å²) in [7, 11) is 1.70. The van der Waals surface area contributed by atoms with E-state index in [1.54, 1.807) is 7.11 Å². The highest BCUT2D eigenvalue weighted by Crippen LogP contribution is 2.31. The lowest BCUT2D eigenvalue weighted by atomic mass is 10.1. The minimum absolute atomic E-state index is 0.586. The van der Waals surface area contributed by atoms with Gasteiger partial charge in [0.05, 0.1) is 25.0 Å². The number of methoxy groups -OCH3 is 1. The van der Waals surface area contributed by atoms with E-state index in [4.69, 9.17) is 4.74 Å². The average molecular weight is 248 g/mol. The molecule has 1 fully saturated rings. The first-order valence-corrected chi connectivity index (χ1v) is 7.12. The molecule has 0 amide bonds.